The van der Waals surface area contributed by atoms with Crippen LogP contribution in [0, 0.1) is 0 Å². The van der Waals surface area contributed by atoms with Gasteiger partial charge in [0.25, 0.3) is 11.5 Å². The fourth-order valence-electron chi connectivity index (χ4n) is 3.32. The van der Waals surface area contributed by atoms with Crippen LogP contribution in [0.5, 0.6) is 0 Å². The van der Waals surface area contributed by atoms with Crippen LogP contribution in [0.25, 0.3) is 11.0 Å². The first-order valence-electron chi connectivity index (χ1n) is 9.18. The smallest absolute Gasteiger partial charge is 0.307 e. The van der Waals surface area contributed by atoms with Gasteiger partial charge in [-0.05, 0) is 32.0 Å². The molecule has 148 valence electrons. The number of rotatable bonds is 5. The first-order valence-corrected chi connectivity index (χ1v) is 9.18. The number of nitrogens with zero attached hydrogens (tertiary/aromatic N) is 3. The lowest BCUT2D eigenvalue weighted by Crippen LogP contribution is -2.57. The molecule has 0 aliphatic carbocycles. The second-order valence-corrected chi connectivity index (χ2v) is 6.42. The Hall–Kier alpha value is -3.23. The summed E-state index contributed by atoms with van der Waals surface area (Å²) in [7, 11) is 0. The van der Waals surface area contributed by atoms with Crippen molar-refractivity contribution in [2.45, 2.75) is 32.9 Å². The lowest BCUT2D eigenvalue weighted by atomic mass is 10.1. The summed E-state index contributed by atoms with van der Waals surface area (Å²) in [4.78, 5) is 55.3. The van der Waals surface area contributed by atoms with E-state index in [4.69, 9.17) is 4.74 Å². The highest BCUT2D eigenvalue weighted by Gasteiger charge is 2.34. The summed E-state index contributed by atoms with van der Waals surface area (Å²) in [6.07, 6.45) is 1.52. The number of fused-ring (bicyclic) bond motifs is 1. The SMILES string of the molecule is CCOC(=O)CC1CNC(=O)CN1C(=O)c1cc2cccnc2n(CC)c1=O. The Labute approximate surface area is 161 Å². The Morgan fingerprint density at radius 3 is 2.82 bits per heavy atom. The molecule has 0 spiro atoms. The number of nitrogens with one attached hydrogen (secondary N) is 1. The first-order chi connectivity index (χ1) is 13.5. The molecule has 1 N–H and O–H groups in total. The Balaban J connectivity index is 2.00. The molecule has 28 heavy (non-hydrogen) atoms. The average molecular weight is 386 g/mol. The zero-order valence-corrected chi connectivity index (χ0v) is 15.8. The minimum atomic E-state index is -0.581. The number of carbonyl (C=O) groups excluding carboxylic acids is 3. The van der Waals surface area contributed by atoms with Crippen molar-refractivity contribution in [1.82, 2.24) is 19.8 Å². The lowest BCUT2D eigenvalue weighted by Gasteiger charge is -2.35. The van der Waals surface area contributed by atoms with Gasteiger partial charge in [-0.3, -0.25) is 23.7 Å². The first kappa shape index (κ1) is 19.5. The minimum absolute atomic E-state index is 0.0501. The van der Waals surface area contributed by atoms with Gasteiger partial charge in [-0.2, -0.15) is 0 Å². The van der Waals surface area contributed by atoms with E-state index in [2.05, 4.69) is 10.3 Å². The highest BCUT2D eigenvalue weighted by molar-refractivity contribution is 5.99. The number of amides is 2. The molecule has 1 atom stereocenters. The second-order valence-electron chi connectivity index (χ2n) is 6.42. The third kappa shape index (κ3) is 3.73. The number of pyridine rings is 2. The second kappa shape index (κ2) is 8.20. The van der Waals surface area contributed by atoms with Crippen LogP contribution < -0.4 is 10.9 Å². The number of aryl methyl sites for hydroxylation is 1. The molecule has 1 saturated heterocycles. The molecule has 3 rings (SSSR count). The maximum atomic E-state index is 13.2. The van der Waals surface area contributed by atoms with Gasteiger partial charge in [-0.1, -0.05) is 0 Å². The van der Waals surface area contributed by atoms with Crippen LogP contribution in [0.3, 0.4) is 0 Å². The van der Waals surface area contributed by atoms with Gasteiger partial charge in [-0.15, -0.1) is 0 Å². The molecule has 2 amide bonds. The maximum Gasteiger partial charge on any atom is 0.307 e. The topological polar surface area (TPSA) is 111 Å². The van der Waals surface area contributed by atoms with Crippen molar-refractivity contribution in [3.8, 4) is 0 Å². The molecule has 0 saturated carbocycles. The van der Waals surface area contributed by atoms with Crippen molar-refractivity contribution in [3.05, 3.63) is 40.3 Å². The number of hydrogen-bond acceptors (Lipinski definition) is 6. The summed E-state index contributed by atoms with van der Waals surface area (Å²) < 4.78 is 6.38. The fraction of sp³-hybridized carbons (Fsp3) is 0.421. The van der Waals surface area contributed by atoms with Crippen molar-refractivity contribution in [2.24, 2.45) is 0 Å². The molecule has 9 heteroatoms. The Morgan fingerprint density at radius 1 is 1.32 bits per heavy atom. The third-order valence-electron chi connectivity index (χ3n) is 4.65. The molecule has 1 aliphatic rings. The third-order valence-corrected chi connectivity index (χ3v) is 4.65. The van der Waals surface area contributed by atoms with Crippen LogP contribution in [-0.4, -0.2) is 58.0 Å². The molecule has 9 nitrogen and oxygen atoms in total. The van der Waals surface area contributed by atoms with Gasteiger partial charge in [-0.25, -0.2) is 4.98 Å². The summed E-state index contributed by atoms with van der Waals surface area (Å²) in [6, 6.07) is 4.40. The molecular weight excluding hydrogens is 364 g/mol. The van der Waals surface area contributed by atoms with Crippen molar-refractivity contribution in [3.63, 3.8) is 0 Å². The zero-order chi connectivity index (χ0) is 20.3. The van der Waals surface area contributed by atoms with E-state index in [9.17, 15) is 19.2 Å². The molecule has 2 aromatic heterocycles. The van der Waals surface area contributed by atoms with E-state index in [1.165, 1.54) is 15.5 Å². The zero-order valence-electron chi connectivity index (χ0n) is 15.8. The summed E-state index contributed by atoms with van der Waals surface area (Å²) in [5.74, 6) is -1.39. The Bertz CT molecular complexity index is 984. The van der Waals surface area contributed by atoms with Gasteiger partial charge in [0.05, 0.1) is 19.1 Å². The van der Waals surface area contributed by atoms with Crippen LogP contribution in [0.15, 0.2) is 29.2 Å². The highest BCUT2D eigenvalue weighted by Crippen LogP contribution is 2.16. The van der Waals surface area contributed by atoms with E-state index in [-0.39, 0.29) is 37.6 Å². The van der Waals surface area contributed by atoms with Crippen molar-refractivity contribution in [1.29, 1.82) is 0 Å². The van der Waals surface area contributed by atoms with Crippen LogP contribution in [0.2, 0.25) is 0 Å². The Morgan fingerprint density at radius 2 is 2.11 bits per heavy atom. The quantitative estimate of drug-likeness (QED) is 0.741. The van der Waals surface area contributed by atoms with E-state index in [0.29, 0.717) is 17.6 Å². The van der Waals surface area contributed by atoms with Gasteiger partial charge in [0.1, 0.15) is 17.8 Å². The molecule has 0 aromatic carbocycles. The fourth-order valence-corrected chi connectivity index (χ4v) is 3.32. The minimum Gasteiger partial charge on any atom is -0.466 e. The van der Waals surface area contributed by atoms with Crippen molar-refractivity contribution < 1.29 is 19.1 Å². The number of piperazine rings is 1. The summed E-state index contributed by atoms with van der Waals surface area (Å²) in [5, 5.41) is 3.30. The normalized spacial score (nSPS) is 16.7. The van der Waals surface area contributed by atoms with E-state index >= 15 is 0 Å². The number of aromatic nitrogens is 2. The molecular formula is C19H22N4O5. The van der Waals surface area contributed by atoms with E-state index in [1.807, 2.05) is 0 Å². The van der Waals surface area contributed by atoms with Crippen LogP contribution >= 0.6 is 0 Å². The summed E-state index contributed by atoms with van der Waals surface area (Å²) in [6.45, 7) is 3.96. The predicted octanol–water partition coefficient (Wildman–Crippen LogP) is 0.310. The maximum absolute atomic E-state index is 13.2. The van der Waals surface area contributed by atoms with Gasteiger partial charge >= 0.3 is 5.97 Å². The summed E-state index contributed by atoms with van der Waals surface area (Å²) >= 11 is 0. The molecule has 2 aromatic rings. The number of carbonyl (C=O) groups is 3. The van der Waals surface area contributed by atoms with E-state index < -0.39 is 23.5 Å². The standard InChI is InChI=1S/C19H22N4O5/c1-3-22-17-12(6-5-7-20-17)8-14(18(22)26)19(27)23-11-15(24)21-10-13(23)9-16(25)28-4-2/h5-8,13H,3-4,9-11H2,1-2H3,(H,21,24). The number of ether oxygens (including phenoxy) is 1. The molecule has 1 aliphatic heterocycles. The largest absolute Gasteiger partial charge is 0.466 e. The van der Waals surface area contributed by atoms with Crippen molar-refractivity contribution in [2.75, 3.05) is 19.7 Å². The van der Waals surface area contributed by atoms with Crippen molar-refractivity contribution >= 4 is 28.8 Å². The molecule has 1 fully saturated rings. The lowest BCUT2D eigenvalue weighted by molar-refractivity contribution is -0.145. The molecule has 3 heterocycles. The average Bonchev–Trinajstić information content (AvgIpc) is 2.68. The summed E-state index contributed by atoms with van der Waals surface area (Å²) in [5.41, 5.74) is -0.0310. The molecule has 0 radical (unpaired) electrons. The Kier molecular flexibility index (Phi) is 5.72. The van der Waals surface area contributed by atoms with Gasteiger partial charge < -0.3 is 15.0 Å². The number of esters is 1. The molecule has 0 bridgehead atoms. The number of hydrogen-bond donors (Lipinski definition) is 1. The monoisotopic (exact) mass is 386 g/mol. The van der Waals surface area contributed by atoms with Gasteiger partial charge in [0.2, 0.25) is 5.91 Å². The van der Waals surface area contributed by atoms with Crippen LogP contribution in [-0.2, 0) is 20.9 Å². The van der Waals surface area contributed by atoms with Gasteiger partial charge in [0.15, 0.2) is 0 Å². The predicted molar refractivity (Wildman–Crippen MR) is 101 cm³/mol. The van der Waals surface area contributed by atoms with Gasteiger partial charge in [0, 0.05) is 24.7 Å². The van der Waals surface area contributed by atoms with E-state index in [1.54, 1.807) is 32.2 Å². The highest BCUT2D eigenvalue weighted by atomic mass is 16.5. The van der Waals surface area contributed by atoms with Crippen LogP contribution in [0.4, 0.5) is 0 Å². The van der Waals surface area contributed by atoms with Crippen LogP contribution in [0.1, 0.15) is 30.6 Å². The molecule has 1 unspecified atom stereocenters. The van der Waals surface area contributed by atoms with E-state index in [0.717, 1.165) is 0 Å².